The lowest BCUT2D eigenvalue weighted by Crippen LogP contribution is -2.42. The third kappa shape index (κ3) is 5.24. The van der Waals surface area contributed by atoms with Crippen LogP contribution in [0.4, 0.5) is 0 Å². The molecule has 2 fully saturated rings. The summed E-state index contributed by atoms with van der Waals surface area (Å²) in [5.74, 6) is 0.882. The van der Waals surface area contributed by atoms with Crippen LogP contribution in [-0.4, -0.2) is 79.0 Å². The number of nitrogens with two attached hydrogens (primary N) is 1. The highest BCUT2D eigenvalue weighted by Crippen LogP contribution is 2.26. The second kappa shape index (κ2) is 8.11. The van der Waals surface area contributed by atoms with Crippen LogP contribution in [0.15, 0.2) is 0 Å². The predicted octanol–water partition coefficient (Wildman–Crippen LogP) is 0.600. The maximum absolute atomic E-state index is 12.4. The molecule has 5 heteroatoms. The minimum atomic E-state index is 0.323. The molecular formula is C16H32N4O. The molecule has 0 bridgehead atoms. The van der Waals surface area contributed by atoms with Crippen LogP contribution in [0, 0.1) is 5.92 Å². The molecule has 0 radical (unpaired) electrons. The summed E-state index contributed by atoms with van der Waals surface area (Å²) in [5.41, 5.74) is 5.72. The summed E-state index contributed by atoms with van der Waals surface area (Å²) >= 11 is 0. The smallest absolute Gasteiger partial charge is 0.236 e. The molecule has 0 spiro atoms. The number of likely N-dealkylation sites (N-methyl/N-ethyl adjacent to an activating group) is 1. The lowest BCUT2D eigenvalue weighted by atomic mass is 10.1. The Balaban J connectivity index is 1.75. The van der Waals surface area contributed by atoms with E-state index in [9.17, 15) is 4.79 Å². The summed E-state index contributed by atoms with van der Waals surface area (Å²) in [4.78, 5) is 19.3. The van der Waals surface area contributed by atoms with Gasteiger partial charge in [-0.1, -0.05) is 6.92 Å². The van der Waals surface area contributed by atoms with Crippen molar-refractivity contribution >= 4 is 5.91 Å². The van der Waals surface area contributed by atoms with E-state index >= 15 is 0 Å². The van der Waals surface area contributed by atoms with Crippen molar-refractivity contribution in [2.45, 2.75) is 39.2 Å². The van der Waals surface area contributed by atoms with Gasteiger partial charge in [0.25, 0.3) is 0 Å². The molecule has 0 aromatic carbocycles. The van der Waals surface area contributed by atoms with Gasteiger partial charge in [0.15, 0.2) is 0 Å². The highest BCUT2D eigenvalue weighted by Gasteiger charge is 2.32. The summed E-state index contributed by atoms with van der Waals surface area (Å²) < 4.78 is 0. The quantitative estimate of drug-likeness (QED) is 0.747. The van der Waals surface area contributed by atoms with Crippen LogP contribution in [0.25, 0.3) is 0 Å². The molecule has 2 rings (SSSR count). The Morgan fingerprint density at radius 1 is 1.24 bits per heavy atom. The fourth-order valence-corrected chi connectivity index (χ4v) is 3.19. The van der Waals surface area contributed by atoms with Crippen molar-refractivity contribution in [2.24, 2.45) is 11.7 Å². The van der Waals surface area contributed by atoms with E-state index in [2.05, 4.69) is 28.5 Å². The van der Waals surface area contributed by atoms with Gasteiger partial charge >= 0.3 is 0 Å². The van der Waals surface area contributed by atoms with Crippen molar-refractivity contribution in [1.82, 2.24) is 14.7 Å². The van der Waals surface area contributed by atoms with Gasteiger partial charge in [-0.05, 0) is 51.7 Å². The molecule has 1 heterocycles. The number of rotatable bonds is 7. The number of nitrogens with zero attached hydrogens (tertiary/aromatic N) is 3. The average Bonchev–Trinajstić information content (AvgIpc) is 3.29. The zero-order valence-electron chi connectivity index (χ0n) is 13.8. The Labute approximate surface area is 129 Å². The van der Waals surface area contributed by atoms with Gasteiger partial charge in [-0.15, -0.1) is 0 Å². The maximum atomic E-state index is 12.4. The van der Waals surface area contributed by atoms with Crippen LogP contribution in [0.2, 0.25) is 0 Å². The zero-order chi connectivity index (χ0) is 15.2. The van der Waals surface area contributed by atoms with Crippen molar-refractivity contribution in [2.75, 3.05) is 52.4 Å². The van der Waals surface area contributed by atoms with Crippen LogP contribution < -0.4 is 5.73 Å². The fourth-order valence-electron chi connectivity index (χ4n) is 3.19. The number of hydrogen-bond acceptors (Lipinski definition) is 4. The minimum Gasteiger partial charge on any atom is -0.339 e. The van der Waals surface area contributed by atoms with E-state index in [1.54, 1.807) is 0 Å². The average molecular weight is 296 g/mol. The van der Waals surface area contributed by atoms with Crippen LogP contribution in [-0.2, 0) is 4.79 Å². The molecule has 1 aliphatic carbocycles. The van der Waals surface area contributed by atoms with Crippen LogP contribution >= 0.6 is 0 Å². The van der Waals surface area contributed by atoms with E-state index < -0.39 is 0 Å². The number of carbonyl (C=O) groups is 1. The van der Waals surface area contributed by atoms with E-state index in [0.29, 0.717) is 24.4 Å². The molecule has 1 unspecified atom stereocenters. The second-order valence-corrected chi connectivity index (χ2v) is 6.68. The Morgan fingerprint density at radius 3 is 2.52 bits per heavy atom. The van der Waals surface area contributed by atoms with Gasteiger partial charge in [0.05, 0.1) is 6.54 Å². The van der Waals surface area contributed by atoms with Gasteiger partial charge in [0.2, 0.25) is 5.91 Å². The van der Waals surface area contributed by atoms with E-state index in [0.717, 1.165) is 52.2 Å². The Kier molecular flexibility index (Phi) is 6.45. The van der Waals surface area contributed by atoms with Crippen LogP contribution in [0.1, 0.15) is 33.1 Å². The summed E-state index contributed by atoms with van der Waals surface area (Å²) in [6.07, 6.45) is 3.55. The Hall–Kier alpha value is -0.650. The van der Waals surface area contributed by atoms with Gasteiger partial charge in [0.1, 0.15) is 0 Å². The standard InChI is InChI=1S/C16H32N4O/c1-3-20(15-5-6-15)16(21)13-19-8-4-7-18(9-10-19)12-14(2)11-17/h14-15H,3-13,17H2,1-2H3. The van der Waals surface area contributed by atoms with Gasteiger partial charge in [-0.3, -0.25) is 9.69 Å². The molecule has 21 heavy (non-hydrogen) atoms. The normalized spacial score (nSPS) is 22.8. The van der Waals surface area contributed by atoms with Gasteiger partial charge in [-0.25, -0.2) is 0 Å². The van der Waals surface area contributed by atoms with Crippen LogP contribution in [0.5, 0.6) is 0 Å². The van der Waals surface area contributed by atoms with Gasteiger partial charge in [0, 0.05) is 32.2 Å². The largest absolute Gasteiger partial charge is 0.339 e. The summed E-state index contributed by atoms with van der Waals surface area (Å²) in [7, 11) is 0. The first kappa shape index (κ1) is 16.7. The lowest BCUT2D eigenvalue weighted by molar-refractivity contribution is -0.132. The third-order valence-corrected chi connectivity index (χ3v) is 4.66. The van der Waals surface area contributed by atoms with Crippen molar-refractivity contribution in [1.29, 1.82) is 0 Å². The molecule has 1 saturated heterocycles. The first-order chi connectivity index (χ1) is 10.1. The summed E-state index contributed by atoms with van der Waals surface area (Å²) in [6.45, 7) is 11.8. The molecule has 1 aliphatic heterocycles. The van der Waals surface area contributed by atoms with Gasteiger partial charge in [-0.2, -0.15) is 0 Å². The molecule has 2 aliphatic rings. The minimum absolute atomic E-state index is 0.323. The first-order valence-electron chi connectivity index (χ1n) is 8.58. The molecule has 0 aromatic heterocycles. The van der Waals surface area contributed by atoms with Crippen molar-refractivity contribution in [3.05, 3.63) is 0 Å². The number of hydrogen-bond donors (Lipinski definition) is 1. The third-order valence-electron chi connectivity index (χ3n) is 4.66. The fraction of sp³-hybridized carbons (Fsp3) is 0.938. The second-order valence-electron chi connectivity index (χ2n) is 6.68. The van der Waals surface area contributed by atoms with E-state index in [1.165, 1.54) is 12.8 Å². The molecule has 0 aromatic rings. The van der Waals surface area contributed by atoms with E-state index in [-0.39, 0.29) is 0 Å². The monoisotopic (exact) mass is 296 g/mol. The Morgan fingerprint density at radius 2 is 1.90 bits per heavy atom. The predicted molar refractivity (Wildman–Crippen MR) is 86.1 cm³/mol. The highest BCUT2D eigenvalue weighted by atomic mass is 16.2. The Bertz CT molecular complexity index is 332. The summed E-state index contributed by atoms with van der Waals surface area (Å²) in [6, 6.07) is 0.538. The van der Waals surface area contributed by atoms with Crippen LogP contribution in [0.3, 0.4) is 0 Å². The van der Waals surface area contributed by atoms with E-state index in [4.69, 9.17) is 5.73 Å². The highest BCUT2D eigenvalue weighted by molar-refractivity contribution is 5.78. The molecule has 5 nitrogen and oxygen atoms in total. The summed E-state index contributed by atoms with van der Waals surface area (Å²) in [5, 5.41) is 0. The molecule has 2 N–H and O–H groups in total. The molecule has 122 valence electrons. The zero-order valence-corrected chi connectivity index (χ0v) is 13.8. The van der Waals surface area contributed by atoms with E-state index in [1.807, 2.05) is 0 Å². The molecule has 1 saturated carbocycles. The molecule has 1 amide bonds. The number of amides is 1. The SMILES string of the molecule is CCN(C(=O)CN1CCCN(CC(C)CN)CC1)C1CC1. The maximum Gasteiger partial charge on any atom is 0.236 e. The number of carbonyl (C=O) groups excluding carboxylic acids is 1. The van der Waals surface area contributed by atoms with Crippen molar-refractivity contribution in [3.8, 4) is 0 Å². The first-order valence-corrected chi connectivity index (χ1v) is 8.58. The van der Waals surface area contributed by atoms with Gasteiger partial charge < -0.3 is 15.5 Å². The molecule has 1 atom stereocenters. The van der Waals surface area contributed by atoms with Crippen molar-refractivity contribution in [3.63, 3.8) is 0 Å². The lowest BCUT2D eigenvalue weighted by Gasteiger charge is -2.26. The van der Waals surface area contributed by atoms with Crippen molar-refractivity contribution < 1.29 is 4.79 Å². The topological polar surface area (TPSA) is 52.8 Å². The molecular weight excluding hydrogens is 264 g/mol.